The van der Waals surface area contributed by atoms with E-state index in [1.165, 1.54) is 12.4 Å². The average molecular weight is 509 g/mol. The van der Waals surface area contributed by atoms with Gasteiger partial charge in [0.2, 0.25) is 0 Å². The van der Waals surface area contributed by atoms with E-state index in [4.69, 9.17) is 32.7 Å². The first-order chi connectivity index (χ1) is 16.9. The Morgan fingerprint density at radius 3 is 2.57 bits per heavy atom. The Hall–Kier alpha value is -3.54. The third-order valence-electron chi connectivity index (χ3n) is 6.30. The molecule has 1 aliphatic rings. The summed E-state index contributed by atoms with van der Waals surface area (Å²) in [5.74, 6) is 1.73. The molecule has 8 nitrogen and oxygen atoms in total. The van der Waals surface area contributed by atoms with Gasteiger partial charge < -0.3 is 14.4 Å². The molecular weight excluding hydrogens is 487 g/mol. The lowest BCUT2D eigenvalue weighted by Gasteiger charge is -2.40. The third kappa shape index (κ3) is 4.11. The van der Waals surface area contributed by atoms with E-state index in [1.807, 2.05) is 25.1 Å². The van der Waals surface area contributed by atoms with Crippen LogP contribution in [0.5, 0.6) is 11.5 Å². The number of nitrogens with one attached hydrogen (secondary N) is 1. The number of aromatic nitrogens is 4. The van der Waals surface area contributed by atoms with Crippen LogP contribution in [0.2, 0.25) is 10.0 Å². The molecule has 0 saturated carbocycles. The second kappa shape index (κ2) is 9.25. The van der Waals surface area contributed by atoms with Crippen molar-refractivity contribution in [2.24, 2.45) is 0 Å². The fourth-order valence-electron chi connectivity index (χ4n) is 4.28. The highest BCUT2D eigenvalue weighted by Crippen LogP contribution is 2.40. The molecule has 4 aromatic rings. The lowest BCUT2D eigenvalue weighted by molar-refractivity contribution is 0.216. The van der Waals surface area contributed by atoms with Crippen LogP contribution in [-0.2, 0) is 0 Å². The molecule has 10 heteroatoms. The van der Waals surface area contributed by atoms with Crippen LogP contribution < -0.4 is 14.4 Å². The van der Waals surface area contributed by atoms with Crippen LogP contribution in [0.1, 0.15) is 37.5 Å². The number of aromatic amines is 1. The van der Waals surface area contributed by atoms with Gasteiger partial charge in [0.15, 0.2) is 11.5 Å². The quantitative estimate of drug-likeness (QED) is 0.343. The van der Waals surface area contributed by atoms with Gasteiger partial charge in [0.05, 0.1) is 28.2 Å². The van der Waals surface area contributed by atoms with Gasteiger partial charge in [0, 0.05) is 53.8 Å². The summed E-state index contributed by atoms with van der Waals surface area (Å²) in [6.45, 7) is 4.88. The normalized spacial score (nSPS) is 16.0. The van der Waals surface area contributed by atoms with Crippen molar-refractivity contribution in [2.45, 2.75) is 32.4 Å². The van der Waals surface area contributed by atoms with Gasteiger partial charge in [-0.3, -0.25) is 10.1 Å². The highest BCUT2D eigenvalue weighted by Gasteiger charge is 2.27. The number of H-pyrrole nitrogens is 1. The predicted octanol–water partition coefficient (Wildman–Crippen LogP) is 5.95. The van der Waals surface area contributed by atoms with Crippen molar-refractivity contribution in [3.05, 3.63) is 58.0 Å². The average Bonchev–Trinajstić information content (AvgIpc) is 3.25. The molecule has 5 rings (SSSR count). The smallest absolute Gasteiger partial charge is 0.162 e. The molecule has 4 heterocycles. The monoisotopic (exact) mass is 508 g/mol. The number of ether oxygens (including phenoxy) is 2. The van der Waals surface area contributed by atoms with Gasteiger partial charge >= 0.3 is 0 Å². The first-order valence-corrected chi connectivity index (χ1v) is 11.9. The topological polar surface area (TPSA) is 100.0 Å². The Kier molecular flexibility index (Phi) is 6.13. The van der Waals surface area contributed by atoms with Crippen LogP contribution in [0.3, 0.4) is 0 Å². The zero-order valence-electron chi connectivity index (χ0n) is 19.3. The van der Waals surface area contributed by atoms with Crippen LogP contribution in [0.4, 0.5) is 5.82 Å². The van der Waals surface area contributed by atoms with E-state index >= 15 is 0 Å². The van der Waals surface area contributed by atoms with Crippen molar-refractivity contribution < 1.29 is 9.47 Å². The Morgan fingerprint density at radius 1 is 1.17 bits per heavy atom. The van der Waals surface area contributed by atoms with Gasteiger partial charge in [-0.05, 0) is 32.4 Å². The fraction of sp³-hybridized carbons (Fsp3) is 0.280. The predicted molar refractivity (Wildman–Crippen MR) is 135 cm³/mol. The molecule has 0 bridgehead atoms. The number of nitriles is 1. The Labute approximate surface area is 212 Å². The zero-order valence-corrected chi connectivity index (χ0v) is 20.9. The zero-order chi connectivity index (χ0) is 24.7. The summed E-state index contributed by atoms with van der Waals surface area (Å²) in [6, 6.07) is 8.16. The van der Waals surface area contributed by atoms with Crippen molar-refractivity contribution >= 4 is 39.9 Å². The van der Waals surface area contributed by atoms with Crippen LogP contribution in [0.25, 0.3) is 22.2 Å². The summed E-state index contributed by atoms with van der Waals surface area (Å²) < 4.78 is 11.8. The van der Waals surface area contributed by atoms with E-state index in [-0.39, 0.29) is 0 Å². The molecule has 0 spiro atoms. The largest absolute Gasteiger partial charge is 0.493 e. The highest BCUT2D eigenvalue weighted by molar-refractivity contribution is 6.35. The van der Waals surface area contributed by atoms with E-state index in [0.717, 1.165) is 29.4 Å². The summed E-state index contributed by atoms with van der Waals surface area (Å²) in [7, 11) is 1.57. The fourth-order valence-corrected chi connectivity index (χ4v) is 4.96. The molecule has 3 aromatic heterocycles. The van der Waals surface area contributed by atoms with E-state index in [9.17, 15) is 5.26 Å². The van der Waals surface area contributed by atoms with Gasteiger partial charge in [-0.1, -0.05) is 23.2 Å². The molecule has 35 heavy (non-hydrogen) atoms. The first-order valence-electron chi connectivity index (χ1n) is 11.1. The third-order valence-corrected chi connectivity index (χ3v) is 6.90. The molecule has 0 amide bonds. The first kappa shape index (κ1) is 23.2. The van der Waals surface area contributed by atoms with Gasteiger partial charge in [0.25, 0.3) is 0 Å². The van der Waals surface area contributed by atoms with Gasteiger partial charge in [-0.25, -0.2) is 4.98 Å². The molecule has 178 valence electrons. The maximum absolute atomic E-state index is 9.77. The minimum atomic E-state index is -0.468. The van der Waals surface area contributed by atoms with E-state index < -0.39 is 6.10 Å². The number of hydrogen-bond donors (Lipinski definition) is 1. The number of rotatable bonds is 6. The lowest BCUT2D eigenvalue weighted by atomic mass is 10.0. The number of methoxy groups -OCH3 is 1. The highest BCUT2D eigenvalue weighted by atomic mass is 35.5. The number of pyridine rings is 2. The van der Waals surface area contributed by atoms with Gasteiger partial charge in [-0.2, -0.15) is 10.4 Å². The maximum Gasteiger partial charge on any atom is 0.162 e. The van der Waals surface area contributed by atoms with Crippen molar-refractivity contribution in [3.8, 4) is 28.8 Å². The van der Waals surface area contributed by atoms with Crippen LogP contribution in [0.15, 0.2) is 36.8 Å². The Balaban J connectivity index is 1.54. The van der Waals surface area contributed by atoms with Crippen LogP contribution in [-0.4, -0.2) is 39.9 Å². The SMILES string of the molecule is COc1cc2[nH]nc(-c3cnc(N4CC[C@H]4C)c(C#N)c3)c2cc1O[C@H](C)c1c(Cl)cncc1Cl. The van der Waals surface area contributed by atoms with Crippen molar-refractivity contribution in [2.75, 3.05) is 18.6 Å². The molecule has 0 unspecified atom stereocenters. The standard InChI is InChI=1S/C25H22Cl2N6O2/c1-13-4-5-33(13)25-15(9-28)6-16(10-30-25)24-17-7-22(21(34-3)8-20(17)31-32-24)35-14(2)23-18(26)11-29-12-19(23)27/h6-8,10-14H,4-5H2,1-3H3,(H,31,32)/t13-,14-/m1/s1. The van der Waals surface area contributed by atoms with Crippen LogP contribution >= 0.6 is 23.2 Å². The minimum absolute atomic E-state index is 0.378. The van der Waals surface area contributed by atoms with Gasteiger partial charge in [0.1, 0.15) is 23.7 Å². The number of fused-ring (bicyclic) bond motifs is 1. The second-order valence-corrected chi connectivity index (χ2v) is 9.25. The number of benzene rings is 1. The van der Waals surface area contributed by atoms with E-state index in [2.05, 4.69) is 38.1 Å². The van der Waals surface area contributed by atoms with Gasteiger partial charge in [-0.15, -0.1) is 0 Å². The molecule has 0 aliphatic carbocycles. The number of halogens is 2. The lowest BCUT2D eigenvalue weighted by Crippen LogP contribution is -2.46. The van der Waals surface area contributed by atoms with Crippen LogP contribution in [0, 0.1) is 11.3 Å². The Bertz CT molecular complexity index is 1440. The minimum Gasteiger partial charge on any atom is -0.493 e. The summed E-state index contributed by atoms with van der Waals surface area (Å²) in [5.41, 5.74) is 3.31. The number of hydrogen-bond acceptors (Lipinski definition) is 7. The summed E-state index contributed by atoms with van der Waals surface area (Å²) in [6.07, 6.45) is 5.44. The number of nitrogens with zero attached hydrogens (tertiary/aromatic N) is 5. The van der Waals surface area contributed by atoms with Crippen molar-refractivity contribution in [3.63, 3.8) is 0 Å². The molecule has 1 N–H and O–H groups in total. The van der Waals surface area contributed by atoms with E-state index in [0.29, 0.717) is 50.2 Å². The molecule has 1 saturated heterocycles. The van der Waals surface area contributed by atoms with Crippen molar-refractivity contribution in [1.29, 1.82) is 5.26 Å². The second-order valence-electron chi connectivity index (χ2n) is 8.44. The molecular formula is C25H22Cl2N6O2. The number of anilines is 1. The van der Waals surface area contributed by atoms with Crippen molar-refractivity contribution in [1.82, 2.24) is 20.2 Å². The summed E-state index contributed by atoms with van der Waals surface area (Å²) in [4.78, 5) is 10.7. The molecule has 2 atom stereocenters. The van der Waals surface area contributed by atoms with E-state index in [1.54, 1.807) is 13.3 Å². The molecule has 0 radical (unpaired) electrons. The molecule has 1 fully saturated rings. The maximum atomic E-state index is 9.77. The Morgan fingerprint density at radius 2 is 1.94 bits per heavy atom. The molecule has 1 aliphatic heterocycles. The summed E-state index contributed by atoms with van der Waals surface area (Å²) in [5, 5.41) is 18.9. The summed E-state index contributed by atoms with van der Waals surface area (Å²) >= 11 is 12.6. The molecule has 1 aromatic carbocycles.